The molecule has 0 saturated carbocycles. The molecule has 2 N–H and O–H groups in total. The summed E-state index contributed by atoms with van der Waals surface area (Å²) < 4.78 is 0. The molecule has 0 amide bonds. The Morgan fingerprint density at radius 2 is 1.10 bits per heavy atom. The number of halogens is 2. The highest BCUT2D eigenvalue weighted by Crippen LogP contribution is 2.13. The van der Waals surface area contributed by atoms with Gasteiger partial charge in [0.05, 0.1) is 0 Å². The predicted molar refractivity (Wildman–Crippen MR) is 45.4 cm³/mol. The summed E-state index contributed by atoms with van der Waals surface area (Å²) in [5, 5.41) is 0. The first-order valence-corrected chi connectivity index (χ1v) is 3.46. The summed E-state index contributed by atoms with van der Waals surface area (Å²) in [5.41, 5.74) is 1.69. The molecular formula is C6H6Cl2N2. The van der Waals surface area contributed by atoms with Crippen LogP contribution in [0.25, 0.3) is 0 Å². The standard InChI is InChI=1S/C6H6Cl2N2/c7-9-5-1-2-6(10-8)4-3-5/h1-4,9-10H. The van der Waals surface area contributed by atoms with Crippen molar-refractivity contribution in [2.45, 2.75) is 0 Å². The maximum atomic E-state index is 5.32. The minimum absolute atomic E-state index is 0.845. The molecule has 0 aliphatic rings. The predicted octanol–water partition coefficient (Wildman–Crippen LogP) is 2.82. The van der Waals surface area contributed by atoms with Crippen LogP contribution in [-0.2, 0) is 0 Å². The first kappa shape index (κ1) is 7.51. The van der Waals surface area contributed by atoms with Crippen molar-refractivity contribution in [3.63, 3.8) is 0 Å². The van der Waals surface area contributed by atoms with Crippen LogP contribution < -0.4 is 9.67 Å². The number of rotatable bonds is 2. The molecule has 0 fully saturated rings. The fourth-order valence-corrected chi connectivity index (χ4v) is 0.848. The number of nitrogens with one attached hydrogen (secondary N) is 2. The minimum atomic E-state index is 0.845. The highest BCUT2D eigenvalue weighted by molar-refractivity contribution is 6.24. The third-order valence-electron chi connectivity index (χ3n) is 1.10. The monoisotopic (exact) mass is 176 g/mol. The van der Waals surface area contributed by atoms with Crippen LogP contribution >= 0.6 is 23.6 Å². The number of anilines is 2. The fraction of sp³-hybridized carbons (Fsp3) is 0. The van der Waals surface area contributed by atoms with Crippen LogP contribution in [0.3, 0.4) is 0 Å². The van der Waals surface area contributed by atoms with Gasteiger partial charge in [-0.3, -0.25) is 9.67 Å². The second kappa shape index (κ2) is 3.54. The third kappa shape index (κ3) is 1.69. The summed E-state index contributed by atoms with van der Waals surface area (Å²) in [5.74, 6) is 0. The van der Waals surface area contributed by atoms with Gasteiger partial charge in [-0.2, -0.15) is 0 Å². The van der Waals surface area contributed by atoms with E-state index >= 15 is 0 Å². The van der Waals surface area contributed by atoms with Crippen molar-refractivity contribution in [2.75, 3.05) is 9.67 Å². The summed E-state index contributed by atoms with van der Waals surface area (Å²) >= 11 is 10.6. The zero-order valence-corrected chi connectivity index (χ0v) is 6.58. The summed E-state index contributed by atoms with van der Waals surface area (Å²) in [7, 11) is 0. The van der Waals surface area contributed by atoms with Gasteiger partial charge in [-0.15, -0.1) is 0 Å². The lowest BCUT2D eigenvalue weighted by molar-refractivity contribution is 1.65. The van der Waals surface area contributed by atoms with Gasteiger partial charge in [0.2, 0.25) is 0 Å². The lowest BCUT2D eigenvalue weighted by Crippen LogP contribution is -1.81. The average Bonchev–Trinajstić information content (AvgIpc) is 2.05. The van der Waals surface area contributed by atoms with Crippen molar-refractivity contribution in [2.24, 2.45) is 0 Å². The Kier molecular flexibility index (Phi) is 2.66. The Labute approximate surface area is 69.4 Å². The summed E-state index contributed by atoms with van der Waals surface area (Å²) in [6, 6.07) is 7.27. The van der Waals surface area contributed by atoms with Gasteiger partial charge in [-0.05, 0) is 24.3 Å². The van der Waals surface area contributed by atoms with Crippen LogP contribution in [0.5, 0.6) is 0 Å². The quantitative estimate of drug-likeness (QED) is 0.678. The van der Waals surface area contributed by atoms with Gasteiger partial charge in [0.15, 0.2) is 0 Å². The summed E-state index contributed by atoms with van der Waals surface area (Å²) in [6.45, 7) is 0. The summed E-state index contributed by atoms with van der Waals surface area (Å²) in [4.78, 5) is 4.96. The van der Waals surface area contributed by atoms with Crippen molar-refractivity contribution < 1.29 is 0 Å². The molecule has 0 atom stereocenters. The lowest BCUT2D eigenvalue weighted by Gasteiger charge is -1.98. The van der Waals surface area contributed by atoms with Gasteiger partial charge < -0.3 is 0 Å². The molecule has 0 aliphatic carbocycles. The van der Waals surface area contributed by atoms with E-state index in [4.69, 9.17) is 23.6 Å². The molecule has 54 valence electrons. The summed E-state index contributed by atoms with van der Waals surface area (Å²) in [6.07, 6.45) is 0. The lowest BCUT2D eigenvalue weighted by atomic mass is 10.3. The Morgan fingerprint density at radius 3 is 1.30 bits per heavy atom. The fourth-order valence-electron chi connectivity index (χ4n) is 0.596. The molecule has 1 aromatic carbocycles. The highest BCUT2D eigenvalue weighted by Gasteiger charge is 1.88. The van der Waals surface area contributed by atoms with Crippen LogP contribution in [0.15, 0.2) is 24.3 Å². The van der Waals surface area contributed by atoms with Crippen LogP contribution in [0.4, 0.5) is 11.4 Å². The zero-order chi connectivity index (χ0) is 7.40. The number of hydrogen-bond acceptors (Lipinski definition) is 2. The van der Waals surface area contributed by atoms with Crippen molar-refractivity contribution in [1.82, 2.24) is 0 Å². The van der Waals surface area contributed by atoms with E-state index in [1.807, 2.05) is 24.3 Å². The van der Waals surface area contributed by atoms with Gasteiger partial charge in [-0.1, -0.05) is 0 Å². The maximum absolute atomic E-state index is 5.32. The van der Waals surface area contributed by atoms with E-state index < -0.39 is 0 Å². The maximum Gasteiger partial charge on any atom is 0.0493 e. The SMILES string of the molecule is ClNc1ccc(NCl)cc1. The van der Waals surface area contributed by atoms with Gasteiger partial charge in [0.25, 0.3) is 0 Å². The van der Waals surface area contributed by atoms with E-state index in [9.17, 15) is 0 Å². The van der Waals surface area contributed by atoms with E-state index in [0.717, 1.165) is 11.4 Å². The van der Waals surface area contributed by atoms with Crippen molar-refractivity contribution in [3.05, 3.63) is 24.3 Å². The van der Waals surface area contributed by atoms with Crippen LogP contribution in [0, 0.1) is 0 Å². The molecule has 0 aliphatic heterocycles. The molecule has 1 rings (SSSR count). The van der Waals surface area contributed by atoms with Crippen LogP contribution in [0.1, 0.15) is 0 Å². The Balaban J connectivity index is 2.80. The van der Waals surface area contributed by atoms with E-state index in [0.29, 0.717) is 0 Å². The largest absolute Gasteiger partial charge is 0.299 e. The smallest absolute Gasteiger partial charge is 0.0493 e. The van der Waals surface area contributed by atoms with Gasteiger partial charge >= 0.3 is 0 Å². The second-order valence-electron chi connectivity index (χ2n) is 1.77. The Hall–Kier alpha value is -0.600. The Bertz CT molecular complexity index is 174. The molecule has 2 nitrogen and oxygen atoms in total. The zero-order valence-electron chi connectivity index (χ0n) is 5.07. The van der Waals surface area contributed by atoms with E-state index in [1.54, 1.807) is 0 Å². The molecule has 0 radical (unpaired) electrons. The third-order valence-corrected chi connectivity index (χ3v) is 1.54. The second-order valence-corrected chi connectivity index (χ2v) is 2.14. The normalized spacial score (nSPS) is 9.00. The number of benzene rings is 1. The van der Waals surface area contributed by atoms with Crippen LogP contribution in [0.2, 0.25) is 0 Å². The van der Waals surface area contributed by atoms with E-state index in [-0.39, 0.29) is 0 Å². The first-order chi connectivity index (χ1) is 4.86. The molecule has 4 heteroatoms. The molecule has 0 saturated heterocycles. The Morgan fingerprint density at radius 1 is 0.800 bits per heavy atom. The van der Waals surface area contributed by atoms with Gasteiger partial charge in [-0.25, -0.2) is 0 Å². The molecule has 0 spiro atoms. The van der Waals surface area contributed by atoms with Crippen molar-refractivity contribution in [3.8, 4) is 0 Å². The van der Waals surface area contributed by atoms with E-state index in [2.05, 4.69) is 9.67 Å². The van der Waals surface area contributed by atoms with Gasteiger partial charge in [0, 0.05) is 34.9 Å². The van der Waals surface area contributed by atoms with Crippen LogP contribution in [-0.4, -0.2) is 0 Å². The number of hydrogen-bond donors (Lipinski definition) is 2. The molecular weight excluding hydrogens is 171 g/mol. The molecule has 0 heterocycles. The first-order valence-electron chi connectivity index (χ1n) is 2.70. The topological polar surface area (TPSA) is 24.1 Å². The molecule has 10 heavy (non-hydrogen) atoms. The van der Waals surface area contributed by atoms with Crippen molar-refractivity contribution in [1.29, 1.82) is 0 Å². The highest BCUT2D eigenvalue weighted by atomic mass is 35.5. The molecule has 0 aromatic heterocycles. The van der Waals surface area contributed by atoms with Gasteiger partial charge in [0.1, 0.15) is 0 Å². The molecule has 0 bridgehead atoms. The average molecular weight is 177 g/mol. The van der Waals surface area contributed by atoms with E-state index in [1.165, 1.54) is 0 Å². The van der Waals surface area contributed by atoms with Crippen molar-refractivity contribution >= 4 is 34.9 Å². The molecule has 1 aromatic rings. The molecule has 0 unspecified atom stereocenters. The minimum Gasteiger partial charge on any atom is -0.299 e.